The number of para-hydroxylation sites is 1. The maximum atomic E-state index is 12.4. The Balaban J connectivity index is 1.23. The van der Waals surface area contributed by atoms with Gasteiger partial charge in [-0.15, -0.1) is 0 Å². The van der Waals surface area contributed by atoms with Gasteiger partial charge in [-0.25, -0.2) is 0 Å². The summed E-state index contributed by atoms with van der Waals surface area (Å²) in [6.45, 7) is -0.965. The molecule has 32 heavy (non-hydrogen) atoms. The molecule has 0 unspecified atom stereocenters. The van der Waals surface area contributed by atoms with Crippen LogP contribution in [0.2, 0.25) is 0 Å². The van der Waals surface area contributed by atoms with Crippen molar-refractivity contribution < 1.29 is 28.7 Å². The normalized spacial score (nSPS) is 19.9. The van der Waals surface area contributed by atoms with Gasteiger partial charge in [-0.05, 0) is 49.2 Å². The van der Waals surface area contributed by atoms with Crippen LogP contribution in [0.5, 0.6) is 11.5 Å². The van der Waals surface area contributed by atoms with E-state index in [0.717, 1.165) is 17.7 Å². The molecule has 3 amide bonds. The zero-order valence-electron chi connectivity index (χ0n) is 17.5. The number of carbonyl (C=O) groups is 4. The number of amides is 3. The molecule has 0 aromatic heterocycles. The summed E-state index contributed by atoms with van der Waals surface area (Å²) in [7, 11) is 0. The molecule has 1 saturated carbocycles. The lowest BCUT2D eigenvalue weighted by Crippen LogP contribution is -2.37. The highest BCUT2D eigenvalue weighted by atomic mass is 16.5. The first-order chi connectivity index (χ1) is 15.5. The van der Waals surface area contributed by atoms with E-state index in [1.165, 1.54) is 0 Å². The highest BCUT2D eigenvalue weighted by Crippen LogP contribution is 2.37. The van der Waals surface area contributed by atoms with Crippen LogP contribution in [0.1, 0.15) is 25.7 Å². The topological polar surface area (TPSA) is 102 Å². The smallest absolute Gasteiger partial charge is 0.326 e. The summed E-state index contributed by atoms with van der Waals surface area (Å²) in [5, 5.41) is 2.62. The maximum Gasteiger partial charge on any atom is 0.326 e. The van der Waals surface area contributed by atoms with E-state index >= 15 is 0 Å². The fourth-order valence-corrected chi connectivity index (χ4v) is 4.14. The van der Waals surface area contributed by atoms with E-state index in [4.69, 9.17) is 9.47 Å². The van der Waals surface area contributed by atoms with E-state index in [-0.39, 0.29) is 23.7 Å². The van der Waals surface area contributed by atoms with E-state index in [1.807, 2.05) is 30.3 Å². The number of imide groups is 1. The molecule has 0 radical (unpaired) electrons. The first-order valence-corrected chi connectivity index (χ1v) is 10.6. The van der Waals surface area contributed by atoms with Crippen LogP contribution in [0.15, 0.2) is 54.6 Å². The largest absolute Gasteiger partial charge is 0.457 e. The second-order valence-electron chi connectivity index (χ2n) is 7.91. The third kappa shape index (κ3) is 4.96. The van der Waals surface area contributed by atoms with Gasteiger partial charge in [0.2, 0.25) is 11.8 Å². The fraction of sp³-hybridized carbons (Fsp3) is 0.333. The first-order valence-electron chi connectivity index (χ1n) is 10.6. The molecule has 0 spiro atoms. The molecule has 8 nitrogen and oxygen atoms in total. The van der Waals surface area contributed by atoms with Gasteiger partial charge < -0.3 is 14.8 Å². The summed E-state index contributed by atoms with van der Waals surface area (Å²) in [6, 6.07) is 16.1. The van der Waals surface area contributed by atoms with Crippen molar-refractivity contribution >= 4 is 29.4 Å². The Labute approximate surface area is 185 Å². The number of hydrogen-bond donors (Lipinski definition) is 1. The lowest BCUT2D eigenvalue weighted by Gasteiger charge is -2.19. The zero-order chi connectivity index (χ0) is 22.5. The summed E-state index contributed by atoms with van der Waals surface area (Å²) in [4.78, 5) is 50.0. The summed E-state index contributed by atoms with van der Waals surface area (Å²) >= 11 is 0. The predicted molar refractivity (Wildman–Crippen MR) is 115 cm³/mol. The number of rotatable bonds is 7. The Morgan fingerprint density at radius 3 is 2.09 bits per heavy atom. The second-order valence-corrected chi connectivity index (χ2v) is 7.91. The maximum absolute atomic E-state index is 12.4. The molecule has 2 aliphatic rings. The van der Waals surface area contributed by atoms with Crippen molar-refractivity contribution in [2.24, 2.45) is 11.8 Å². The first kappa shape index (κ1) is 21.5. The molecule has 8 heteroatoms. The molecule has 1 heterocycles. The molecule has 2 aromatic carbocycles. The van der Waals surface area contributed by atoms with Gasteiger partial charge in [0.1, 0.15) is 18.0 Å². The standard InChI is InChI=1S/C24H24N2O6/c27-21(25-16-10-12-18(13-11-16)32-17-6-2-1-3-7-17)15-31-22(28)14-26-23(29)19-8-4-5-9-20(19)24(26)30/h1-3,6-7,10-13,19-20H,4-5,8-9,14-15H2,(H,25,27)/t19-,20+. The SMILES string of the molecule is O=C(COC(=O)CN1C(=O)[C@H]2CCCC[C@H]2C1=O)Nc1ccc(Oc2ccccc2)cc1. The minimum absolute atomic E-state index is 0.307. The number of anilines is 1. The number of esters is 1. The lowest BCUT2D eigenvalue weighted by atomic mass is 9.81. The summed E-state index contributed by atoms with van der Waals surface area (Å²) in [5.74, 6) is -1.25. The van der Waals surface area contributed by atoms with Crippen molar-refractivity contribution in [3.63, 3.8) is 0 Å². The van der Waals surface area contributed by atoms with E-state index in [0.29, 0.717) is 30.0 Å². The van der Waals surface area contributed by atoms with Crippen LogP contribution in [0, 0.1) is 11.8 Å². The Kier molecular flexibility index (Phi) is 6.49. The van der Waals surface area contributed by atoms with Crippen LogP contribution in [0.25, 0.3) is 0 Å². The minimum Gasteiger partial charge on any atom is -0.457 e. The molecular formula is C24H24N2O6. The molecule has 1 aliphatic heterocycles. The number of benzene rings is 2. The quantitative estimate of drug-likeness (QED) is 0.529. The highest BCUT2D eigenvalue weighted by Gasteiger charge is 2.48. The molecular weight excluding hydrogens is 412 g/mol. The average Bonchev–Trinajstić information content (AvgIpc) is 3.05. The fourth-order valence-electron chi connectivity index (χ4n) is 4.14. The van der Waals surface area contributed by atoms with Gasteiger partial charge in [0.05, 0.1) is 11.8 Å². The zero-order valence-corrected chi connectivity index (χ0v) is 17.5. The molecule has 166 valence electrons. The molecule has 2 aromatic rings. The summed E-state index contributed by atoms with van der Waals surface area (Å²) in [5.41, 5.74) is 0.514. The van der Waals surface area contributed by atoms with Crippen molar-refractivity contribution in [1.82, 2.24) is 4.90 Å². The van der Waals surface area contributed by atoms with Crippen LogP contribution in [0.4, 0.5) is 5.69 Å². The number of carbonyl (C=O) groups excluding carboxylic acids is 4. The van der Waals surface area contributed by atoms with Crippen LogP contribution in [-0.4, -0.2) is 41.7 Å². The number of nitrogens with one attached hydrogen (secondary N) is 1. The van der Waals surface area contributed by atoms with E-state index in [2.05, 4.69) is 5.32 Å². The Hall–Kier alpha value is -3.68. The third-order valence-electron chi connectivity index (χ3n) is 5.70. The number of hydrogen-bond acceptors (Lipinski definition) is 6. The lowest BCUT2D eigenvalue weighted by molar-refractivity contribution is -0.154. The number of fused-ring (bicyclic) bond motifs is 1. The Bertz CT molecular complexity index is 981. The molecule has 1 N–H and O–H groups in total. The summed E-state index contributed by atoms with van der Waals surface area (Å²) < 4.78 is 10.7. The monoisotopic (exact) mass is 436 g/mol. The third-order valence-corrected chi connectivity index (χ3v) is 5.70. The van der Waals surface area contributed by atoms with E-state index in [9.17, 15) is 19.2 Å². The van der Waals surface area contributed by atoms with Gasteiger partial charge in [-0.1, -0.05) is 31.0 Å². The average molecular weight is 436 g/mol. The van der Waals surface area contributed by atoms with Crippen LogP contribution in [-0.2, 0) is 23.9 Å². The highest BCUT2D eigenvalue weighted by molar-refractivity contribution is 6.07. The van der Waals surface area contributed by atoms with Crippen molar-refractivity contribution in [1.29, 1.82) is 0 Å². The van der Waals surface area contributed by atoms with Gasteiger partial charge in [-0.3, -0.25) is 24.1 Å². The van der Waals surface area contributed by atoms with Gasteiger partial charge in [-0.2, -0.15) is 0 Å². The number of likely N-dealkylation sites (tertiary alicyclic amines) is 1. The van der Waals surface area contributed by atoms with Gasteiger partial charge >= 0.3 is 5.97 Å². The molecule has 1 aliphatic carbocycles. The van der Waals surface area contributed by atoms with E-state index in [1.54, 1.807) is 24.3 Å². The molecule has 4 rings (SSSR count). The van der Waals surface area contributed by atoms with Crippen molar-refractivity contribution in [3.8, 4) is 11.5 Å². The second kappa shape index (κ2) is 9.64. The number of ether oxygens (including phenoxy) is 2. The van der Waals surface area contributed by atoms with Crippen LogP contribution in [0.3, 0.4) is 0 Å². The van der Waals surface area contributed by atoms with Crippen molar-refractivity contribution in [2.45, 2.75) is 25.7 Å². The predicted octanol–water partition coefficient (Wildman–Crippen LogP) is 3.14. The van der Waals surface area contributed by atoms with Crippen LogP contribution >= 0.6 is 0 Å². The van der Waals surface area contributed by atoms with Crippen molar-refractivity contribution in [3.05, 3.63) is 54.6 Å². The van der Waals surface area contributed by atoms with E-state index < -0.39 is 25.0 Å². The molecule has 1 saturated heterocycles. The molecule has 2 fully saturated rings. The van der Waals surface area contributed by atoms with Gasteiger partial charge in [0, 0.05) is 5.69 Å². The number of nitrogens with zero attached hydrogens (tertiary/aromatic N) is 1. The van der Waals surface area contributed by atoms with Gasteiger partial charge in [0.25, 0.3) is 5.91 Å². The van der Waals surface area contributed by atoms with Crippen molar-refractivity contribution in [2.75, 3.05) is 18.5 Å². The Morgan fingerprint density at radius 1 is 0.875 bits per heavy atom. The molecule has 2 atom stereocenters. The van der Waals surface area contributed by atoms with Crippen LogP contribution < -0.4 is 10.1 Å². The molecule has 0 bridgehead atoms. The minimum atomic E-state index is -0.785. The Morgan fingerprint density at radius 2 is 1.47 bits per heavy atom. The summed E-state index contributed by atoms with van der Waals surface area (Å²) in [6.07, 6.45) is 3.19. The van der Waals surface area contributed by atoms with Gasteiger partial charge in [0.15, 0.2) is 6.61 Å².